The van der Waals surface area contributed by atoms with Crippen molar-refractivity contribution in [3.63, 3.8) is 0 Å². The second-order valence-electron chi connectivity index (χ2n) is 7.33. The number of aromatic nitrogens is 4. The number of nitrogens with zero attached hydrogens (tertiary/aromatic N) is 5. The van der Waals surface area contributed by atoms with Crippen molar-refractivity contribution >= 4 is 22.7 Å². The Morgan fingerprint density at radius 1 is 0.903 bits per heavy atom. The highest BCUT2D eigenvalue weighted by molar-refractivity contribution is 5.76. The smallest absolute Gasteiger partial charge is 0.262 e. The molecule has 2 aromatic carbocycles. The number of aromatic amines is 1. The van der Waals surface area contributed by atoms with Crippen LogP contribution in [0.4, 0.5) is 11.6 Å². The fraction of sp³-hybridized carbons (Fsp3) is 0.217. The highest BCUT2D eigenvalue weighted by atomic mass is 16.5. The minimum absolute atomic E-state index is 0.239. The standard InChI is InChI=1S/C23H22N6O2/c1-31-19-10-6-5-9-18(19)28-11-13-29(14-12-28)23-24-15-17-21(27-23)25-20(26-22(17)30)16-7-3-2-4-8-16/h2-10,15H,11-14H2,1H3,(H,24,25,26,27,30). The normalized spacial score (nSPS) is 14.1. The Kier molecular flexibility index (Phi) is 4.95. The van der Waals surface area contributed by atoms with Crippen molar-refractivity contribution in [3.05, 3.63) is 71.1 Å². The molecule has 3 heterocycles. The quantitative estimate of drug-likeness (QED) is 0.549. The van der Waals surface area contributed by atoms with Crippen LogP contribution in [0.1, 0.15) is 0 Å². The number of methoxy groups -OCH3 is 1. The summed E-state index contributed by atoms with van der Waals surface area (Å²) < 4.78 is 5.50. The molecule has 156 valence electrons. The molecule has 8 nitrogen and oxygen atoms in total. The molecule has 0 atom stereocenters. The largest absolute Gasteiger partial charge is 0.495 e. The van der Waals surface area contributed by atoms with Crippen LogP contribution in [0.3, 0.4) is 0 Å². The first-order valence-corrected chi connectivity index (χ1v) is 10.2. The number of fused-ring (bicyclic) bond motifs is 1. The maximum absolute atomic E-state index is 12.5. The highest BCUT2D eigenvalue weighted by Crippen LogP contribution is 2.29. The lowest BCUT2D eigenvalue weighted by molar-refractivity contribution is 0.413. The van der Waals surface area contributed by atoms with Crippen molar-refractivity contribution in [2.75, 3.05) is 43.1 Å². The number of piperazine rings is 1. The van der Waals surface area contributed by atoms with E-state index >= 15 is 0 Å². The zero-order valence-electron chi connectivity index (χ0n) is 17.2. The maximum Gasteiger partial charge on any atom is 0.262 e. The molecule has 0 amide bonds. The predicted molar refractivity (Wildman–Crippen MR) is 121 cm³/mol. The Labute approximate surface area is 179 Å². The van der Waals surface area contributed by atoms with Gasteiger partial charge in [0.15, 0.2) is 5.65 Å². The Morgan fingerprint density at radius 2 is 1.61 bits per heavy atom. The van der Waals surface area contributed by atoms with Gasteiger partial charge in [-0.15, -0.1) is 0 Å². The van der Waals surface area contributed by atoms with E-state index in [1.54, 1.807) is 13.3 Å². The molecule has 0 saturated carbocycles. The predicted octanol–water partition coefficient (Wildman–Crippen LogP) is 2.72. The van der Waals surface area contributed by atoms with E-state index in [4.69, 9.17) is 4.74 Å². The Bertz CT molecular complexity index is 1270. The number of nitrogens with one attached hydrogen (secondary N) is 1. The van der Waals surface area contributed by atoms with E-state index in [9.17, 15) is 4.79 Å². The van der Waals surface area contributed by atoms with Gasteiger partial charge in [-0.2, -0.15) is 4.98 Å². The molecule has 5 rings (SSSR count). The first kappa shape index (κ1) is 19.0. The lowest BCUT2D eigenvalue weighted by Gasteiger charge is -2.36. The minimum atomic E-state index is -0.239. The summed E-state index contributed by atoms with van der Waals surface area (Å²) in [5.41, 5.74) is 2.09. The number of rotatable bonds is 4. The van der Waals surface area contributed by atoms with Crippen molar-refractivity contribution in [2.24, 2.45) is 0 Å². The zero-order chi connectivity index (χ0) is 21.2. The van der Waals surface area contributed by atoms with E-state index in [-0.39, 0.29) is 5.56 Å². The molecular formula is C23H22N6O2. The Balaban J connectivity index is 1.40. The first-order valence-electron chi connectivity index (χ1n) is 10.2. The molecule has 1 fully saturated rings. The monoisotopic (exact) mass is 414 g/mol. The van der Waals surface area contributed by atoms with Gasteiger partial charge in [0.05, 0.1) is 12.8 Å². The molecule has 8 heteroatoms. The molecule has 1 N–H and O–H groups in total. The van der Waals surface area contributed by atoms with Gasteiger partial charge in [0.25, 0.3) is 5.56 Å². The number of benzene rings is 2. The van der Waals surface area contributed by atoms with Crippen molar-refractivity contribution < 1.29 is 4.74 Å². The first-order chi connectivity index (χ1) is 15.2. The summed E-state index contributed by atoms with van der Waals surface area (Å²) in [6, 6.07) is 17.6. The van der Waals surface area contributed by atoms with Crippen LogP contribution in [-0.4, -0.2) is 53.2 Å². The number of hydrogen-bond donors (Lipinski definition) is 1. The van der Waals surface area contributed by atoms with Crippen LogP contribution in [-0.2, 0) is 0 Å². The number of para-hydroxylation sites is 2. The molecule has 2 aromatic heterocycles. The third kappa shape index (κ3) is 3.68. The van der Waals surface area contributed by atoms with E-state index in [0.29, 0.717) is 22.8 Å². The van der Waals surface area contributed by atoms with Crippen LogP contribution < -0.4 is 20.1 Å². The Morgan fingerprint density at radius 3 is 2.39 bits per heavy atom. The van der Waals surface area contributed by atoms with Gasteiger partial charge >= 0.3 is 0 Å². The topological polar surface area (TPSA) is 87.2 Å². The zero-order valence-corrected chi connectivity index (χ0v) is 17.2. The van der Waals surface area contributed by atoms with E-state index in [0.717, 1.165) is 43.2 Å². The molecule has 4 aromatic rings. The number of anilines is 2. The van der Waals surface area contributed by atoms with Gasteiger partial charge in [0, 0.05) is 37.9 Å². The summed E-state index contributed by atoms with van der Waals surface area (Å²) in [7, 11) is 1.69. The molecule has 31 heavy (non-hydrogen) atoms. The lowest BCUT2D eigenvalue weighted by atomic mass is 10.2. The summed E-state index contributed by atoms with van der Waals surface area (Å²) in [6.07, 6.45) is 1.56. The van der Waals surface area contributed by atoms with E-state index < -0.39 is 0 Å². The summed E-state index contributed by atoms with van der Waals surface area (Å²) in [5.74, 6) is 1.96. The van der Waals surface area contributed by atoms with Crippen LogP contribution in [0.2, 0.25) is 0 Å². The summed E-state index contributed by atoms with van der Waals surface area (Å²) >= 11 is 0. The highest BCUT2D eigenvalue weighted by Gasteiger charge is 2.22. The molecule has 1 aliphatic heterocycles. The molecular weight excluding hydrogens is 392 g/mol. The van der Waals surface area contributed by atoms with Crippen molar-refractivity contribution in [1.82, 2.24) is 19.9 Å². The third-order valence-corrected chi connectivity index (χ3v) is 5.49. The van der Waals surface area contributed by atoms with E-state index in [1.165, 1.54) is 0 Å². The summed E-state index contributed by atoms with van der Waals surface area (Å²) in [5, 5.41) is 0.385. The average molecular weight is 414 g/mol. The van der Waals surface area contributed by atoms with Gasteiger partial charge in [-0.05, 0) is 12.1 Å². The van der Waals surface area contributed by atoms with Gasteiger partial charge in [0.2, 0.25) is 5.95 Å². The van der Waals surface area contributed by atoms with Gasteiger partial charge in [0.1, 0.15) is 17.0 Å². The van der Waals surface area contributed by atoms with Gasteiger partial charge in [-0.3, -0.25) is 4.79 Å². The number of H-pyrrole nitrogens is 1. The van der Waals surface area contributed by atoms with Crippen molar-refractivity contribution in [3.8, 4) is 17.1 Å². The molecule has 1 aliphatic rings. The summed E-state index contributed by atoms with van der Waals surface area (Å²) in [4.78, 5) is 33.4. The molecule has 1 saturated heterocycles. The SMILES string of the molecule is COc1ccccc1N1CCN(c2ncc3c(=O)[nH]c(-c4ccccc4)nc3n2)CC1. The van der Waals surface area contributed by atoms with Gasteiger partial charge < -0.3 is 19.5 Å². The number of hydrogen-bond acceptors (Lipinski definition) is 7. The maximum atomic E-state index is 12.5. The lowest BCUT2D eigenvalue weighted by Crippen LogP contribution is -2.47. The fourth-order valence-corrected chi connectivity index (χ4v) is 3.84. The molecule has 0 aliphatic carbocycles. The average Bonchev–Trinajstić information content (AvgIpc) is 2.84. The van der Waals surface area contributed by atoms with Gasteiger partial charge in [-0.1, -0.05) is 42.5 Å². The second-order valence-corrected chi connectivity index (χ2v) is 7.33. The molecule has 0 bridgehead atoms. The molecule has 0 radical (unpaired) electrons. The summed E-state index contributed by atoms with van der Waals surface area (Å²) in [6.45, 7) is 3.16. The fourth-order valence-electron chi connectivity index (χ4n) is 3.84. The Hall–Kier alpha value is -3.94. The second kappa shape index (κ2) is 8.06. The van der Waals surface area contributed by atoms with E-state index in [2.05, 4.69) is 35.8 Å². The van der Waals surface area contributed by atoms with Crippen LogP contribution in [0.25, 0.3) is 22.4 Å². The molecule has 0 spiro atoms. The van der Waals surface area contributed by atoms with Gasteiger partial charge in [-0.25, -0.2) is 9.97 Å². The van der Waals surface area contributed by atoms with Crippen molar-refractivity contribution in [2.45, 2.75) is 0 Å². The van der Waals surface area contributed by atoms with Crippen LogP contribution in [0, 0.1) is 0 Å². The third-order valence-electron chi connectivity index (χ3n) is 5.49. The number of ether oxygens (including phenoxy) is 1. The van der Waals surface area contributed by atoms with Crippen LogP contribution in [0.15, 0.2) is 65.6 Å². The van der Waals surface area contributed by atoms with E-state index in [1.807, 2.05) is 48.5 Å². The van der Waals surface area contributed by atoms with Crippen LogP contribution in [0.5, 0.6) is 5.75 Å². The van der Waals surface area contributed by atoms with Crippen LogP contribution >= 0.6 is 0 Å². The molecule has 0 unspecified atom stereocenters. The minimum Gasteiger partial charge on any atom is -0.495 e. The van der Waals surface area contributed by atoms with Crippen molar-refractivity contribution in [1.29, 1.82) is 0 Å².